The standard InChI is InChI=1S/C22H29FN4O2/c1-16-12-18(23)6-7-19(16)22(28)27-10-11-29-20(15-26-8-4-3-5-9-26)21(27)17-13-24-25(2)14-17/h6-7,12-14,20-21H,3-5,8-11,15H2,1-2H3/t20-,21-/m0/s1. The van der Waals surface area contributed by atoms with E-state index < -0.39 is 0 Å². The van der Waals surface area contributed by atoms with Gasteiger partial charge in [-0.1, -0.05) is 6.42 Å². The zero-order valence-electron chi connectivity index (χ0n) is 17.2. The van der Waals surface area contributed by atoms with Crippen LogP contribution >= 0.6 is 0 Å². The topological polar surface area (TPSA) is 50.6 Å². The summed E-state index contributed by atoms with van der Waals surface area (Å²) < 4.78 is 21.5. The number of hydrogen-bond donors (Lipinski definition) is 0. The molecule has 1 aromatic heterocycles. The quantitative estimate of drug-likeness (QED) is 0.792. The average molecular weight is 400 g/mol. The van der Waals surface area contributed by atoms with Gasteiger partial charge in [0.25, 0.3) is 5.91 Å². The molecular formula is C22H29FN4O2. The Morgan fingerprint density at radius 3 is 2.72 bits per heavy atom. The van der Waals surface area contributed by atoms with Gasteiger partial charge < -0.3 is 14.5 Å². The number of benzene rings is 1. The first-order valence-corrected chi connectivity index (χ1v) is 10.4. The summed E-state index contributed by atoms with van der Waals surface area (Å²) in [4.78, 5) is 17.8. The third-order valence-electron chi connectivity index (χ3n) is 5.98. The van der Waals surface area contributed by atoms with Gasteiger partial charge in [-0.25, -0.2) is 4.39 Å². The van der Waals surface area contributed by atoms with Crippen molar-refractivity contribution in [2.75, 3.05) is 32.8 Å². The molecule has 7 heteroatoms. The summed E-state index contributed by atoms with van der Waals surface area (Å²) in [5, 5.41) is 4.33. The minimum Gasteiger partial charge on any atom is -0.373 e. The molecule has 2 saturated heterocycles. The predicted octanol–water partition coefficient (Wildman–Crippen LogP) is 2.94. The highest BCUT2D eigenvalue weighted by atomic mass is 19.1. The van der Waals surface area contributed by atoms with Crippen molar-refractivity contribution in [1.82, 2.24) is 19.6 Å². The summed E-state index contributed by atoms with van der Waals surface area (Å²) in [6.07, 6.45) is 7.36. The van der Waals surface area contributed by atoms with Crippen LogP contribution in [0.15, 0.2) is 30.6 Å². The molecule has 0 unspecified atom stereocenters. The van der Waals surface area contributed by atoms with Crippen LogP contribution in [0.1, 0.15) is 46.8 Å². The molecule has 0 bridgehead atoms. The van der Waals surface area contributed by atoms with Gasteiger partial charge in [0.15, 0.2) is 0 Å². The van der Waals surface area contributed by atoms with Gasteiger partial charge in [-0.15, -0.1) is 0 Å². The third kappa shape index (κ3) is 4.36. The van der Waals surface area contributed by atoms with Crippen molar-refractivity contribution >= 4 is 5.91 Å². The highest BCUT2D eigenvalue weighted by molar-refractivity contribution is 5.96. The van der Waals surface area contributed by atoms with Crippen molar-refractivity contribution in [3.05, 3.63) is 53.1 Å². The molecule has 3 heterocycles. The molecule has 0 spiro atoms. The first kappa shape index (κ1) is 20.0. The van der Waals surface area contributed by atoms with Crippen LogP contribution in [0.3, 0.4) is 0 Å². The van der Waals surface area contributed by atoms with E-state index >= 15 is 0 Å². The maximum atomic E-state index is 13.6. The van der Waals surface area contributed by atoms with Crippen molar-refractivity contribution in [3.8, 4) is 0 Å². The average Bonchev–Trinajstić information content (AvgIpc) is 3.14. The molecule has 2 atom stereocenters. The highest BCUT2D eigenvalue weighted by Gasteiger charge is 2.38. The lowest BCUT2D eigenvalue weighted by molar-refractivity contribution is -0.0741. The van der Waals surface area contributed by atoms with Crippen LogP contribution < -0.4 is 0 Å². The lowest BCUT2D eigenvalue weighted by Gasteiger charge is -2.43. The van der Waals surface area contributed by atoms with Crippen LogP contribution in [-0.2, 0) is 11.8 Å². The Morgan fingerprint density at radius 1 is 1.24 bits per heavy atom. The van der Waals surface area contributed by atoms with E-state index in [4.69, 9.17) is 4.74 Å². The number of aryl methyl sites for hydroxylation is 2. The number of hydrogen-bond acceptors (Lipinski definition) is 4. The SMILES string of the molecule is Cc1cc(F)ccc1C(=O)N1CCO[C@@H](CN2CCCCC2)[C@@H]1c1cnn(C)c1. The van der Waals surface area contributed by atoms with Crippen molar-refractivity contribution < 1.29 is 13.9 Å². The molecule has 1 aromatic carbocycles. The number of carbonyl (C=O) groups excluding carboxylic acids is 1. The molecule has 4 rings (SSSR count). The Balaban J connectivity index is 1.64. The number of carbonyl (C=O) groups is 1. The van der Waals surface area contributed by atoms with E-state index in [9.17, 15) is 9.18 Å². The van der Waals surface area contributed by atoms with Gasteiger partial charge in [-0.3, -0.25) is 9.48 Å². The number of likely N-dealkylation sites (tertiary alicyclic amines) is 1. The fourth-order valence-corrected chi connectivity index (χ4v) is 4.52. The van der Waals surface area contributed by atoms with Crippen molar-refractivity contribution in [3.63, 3.8) is 0 Å². The number of nitrogens with zero attached hydrogens (tertiary/aromatic N) is 4. The molecular weight excluding hydrogens is 371 g/mol. The molecule has 6 nitrogen and oxygen atoms in total. The van der Waals surface area contributed by atoms with Crippen LogP contribution in [-0.4, -0.2) is 64.4 Å². The molecule has 2 fully saturated rings. The van der Waals surface area contributed by atoms with Gasteiger partial charge in [-0.05, 0) is 56.6 Å². The summed E-state index contributed by atoms with van der Waals surface area (Å²) >= 11 is 0. The maximum absolute atomic E-state index is 13.6. The molecule has 0 radical (unpaired) electrons. The summed E-state index contributed by atoms with van der Waals surface area (Å²) in [5.41, 5.74) is 2.17. The van der Waals surface area contributed by atoms with Gasteiger partial charge in [0, 0.05) is 37.5 Å². The van der Waals surface area contributed by atoms with E-state index in [0.717, 1.165) is 25.2 Å². The predicted molar refractivity (Wildman–Crippen MR) is 108 cm³/mol. The fourth-order valence-electron chi connectivity index (χ4n) is 4.52. The van der Waals surface area contributed by atoms with Crippen molar-refractivity contribution in [1.29, 1.82) is 0 Å². The number of halogens is 1. The van der Waals surface area contributed by atoms with E-state index in [2.05, 4.69) is 10.00 Å². The second kappa shape index (κ2) is 8.63. The van der Waals surface area contributed by atoms with Crippen LogP contribution in [0.2, 0.25) is 0 Å². The van der Waals surface area contributed by atoms with E-state index in [-0.39, 0.29) is 23.9 Å². The van der Waals surface area contributed by atoms with Crippen LogP contribution in [0.4, 0.5) is 4.39 Å². The minimum absolute atomic E-state index is 0.0803. The number of piperidine rings is 1. The largest absolute Gasteiger partial charge is 0.373 e. The van der Waals surface area contributed by atoms with Gasteiger partial charge in [-0.2, -0.15) is 5.10 Å². The summed E-state index contributed by atoms with van der Waals surface area (Å²) in [6, 6.07) is 4.14. The summed E-state index contributed by atoms with van der Waals surface area (Å²) in [5.74, 6) is -0.406. The smallest absolute Gasteiger partial charge is 0.254 e. The minimum atomic E-state index is -0.326. The first-order chi connectivity index (χ1) is 14.0. The number of aromatic nitrogens is 2. The van der Waals surface area contributed by atoms with Crippen molar-refractivity contribution in [2.45, 2.75) is 38.3 Å². The Kier molecular flexibility index (Phi) is 5.96. The molecule has 29 heavy (non-hydrogen) atoms. The molecule has 0 saturated carbocycles. The molecule has 2 aliphatic heterocycles. The summed E-state index contributed by atoms with van der Waals surface area (Å²) in [6.45, 7) is 5.73. The van der Waals surface area contributed by atoms with Gasteiger partial charge in [0.05, 0.1) is 24.9 Å². The first-order valence-electron chi connectivity index (χ1n) is 10.4. The van der Waals surface area contributed by atoms with E-state index in [1.165, 1.54) is 31.4 Å². The lowest BCUT2D eigenvalue weighted by atomic mass is 9.97. The van der Waals surface area contributed by atoms with E-state index in [1.54, 1.807) is 17.7 Å². The second-order valence-corrected chi connectivity index (χ2v) is 8.12. The lowest BCUT2D eigenvalue weighted by Crippen LogP contribution is -2.52. The van der Waals surface area contributed by atoms with E-state index in [0.29, 0.717) is 24.3 Å². The monoisotopic (exact) mass is 400 g/mol. The van der Waals surface area contributed by atoms with Gasteiger partial charge in [0.1, 0.15) is 5.82 Å². The summed E-state index contributed by atoms with van der Waals surface area (Å²) in [7, 11) is 1.88. The highest BCUT2D eigenvalue weighted by Crippen LogP contribution is 2.32. The third-order valence-corrected chi connectivity index (χ3v) is 5.98. The molecule has 1 amide bonds. The van der Waals surface area contributed by atoms with Crippen molar-refractivity contribution in [2.24, 2.45) is 7.05 Å². The maximum Gasteiger partial charge on any atom is 0.254 e. The van der Waals surface area contributed by atoms with Crippen LogP contribution in [0, 0.1) is 12.7 Å². The van der Waals surface area contributed by atoms with Crippen LogP contribution in [0.25, 0.3) is 0 Å². The zero-order chi connectivity index (χ0) is 20.4. The Morgan fingerprint density at radius 2 is 2.03 bits per heavy atom. The normalized spacial score (nSPS) is 23.3. The molecule has 156 valence electrons. The number of rotatable bonds is 4. The number of amides is 1. The zero-order valence-corrected chi connectivity index (χ0v) is 17.2. The van der Waals surface area contributed by atoms with Crippen LogP contribution in [0.5, 0.6) is 0 Å². The van der Waals surface area contributed by atoms with Gasteiger partial charge in [0.2, 0.25) is 0 Å². The Hall–Kier alpha value is -2.25. The van der Waals surface area contributed by atoms with E-state index in [1.807, 2.05) is 24.3 Å². The molecule has 2 aliphatic rings. The number of ether oxygens (including phenoxy) is 1. The molecule has 2 aromatic rings. The second-order valence-electron chi connectivity index (χ2n) is 8.12. The van der Waals surface area contributed by atoms with Gasteiger partial charge >= 0.3 is 0 Å². The Bertz CT molecular complexity index is 862. The number of morpholine rings is 1. The molecule has 0 N–H and O–H groups in total. The fraction of sp³-hybridized carbons (Fsp3) is 0.545. The molecule has 0 aliphatic carbocycles. The Labute approximate surface area is 171 Å².